The standard InChI is InChI=1S/C14H21NO3/c1-5-12(9(2)3)15-14(17)11-7-6-10(18-4)8-13(11)16/h6-9,12,16H,5H2,1-4H3,(H,15,17). The number of methoxy groups -OCH3 is 1. The molecule has 0 aliphatic heterocycles. The minimum Gasteiger partial charge on any atom is -0.507 e. The second-order valence-corrected chi connectivity index (χ2v) is 4.62. The first-order valence-corrected chi connectivity index (χ1v) is 6.17. The van der Waals surface area contributed by atoms with Crippen LogP contribution in [0.4, 0.5) is 0 Å². The van der Waals surface area contributed by atoms with Crippen LogP contribution in [0.2, 0.25) is 0 Å². The Labute approximate surface area is 108 Å². The van der Waals surface area contributed by atoms with E-state index in [9.17, 15) is 9.90 Å². The van der Waals surface area contributed by atoms with Crippen molar-refractivity contribution in [1.29, 1.82) is 0 Å². The smallest absolute Gasteiger partial charge is 0.255 e. The summed E-state index contributed by atoms with van der Waals surface area (Å²) in [5.74, 6) is 0.570. The Morgan fingerprint density at radius 1 is 1.44 bits per heavy atom. The molecule has 1 unspecified atom stereocenters. The van der Waals surface area contributed by atoms with Crippen LogP contribution in [0.25, 0.3) is 0 Å². The molecule has 0 radical (unpaired) electrons. The van der Waals surface area contributed by atoms with Crippen LogP contribution >= 0.6 is 0 Å². The molecule has 100 valence electrons. The summed E-state index contributed by atoms with van der Waals surface area (Å²) in [6, 6.07) is 4.77. The van der Waals surface area contributed by atoms with Crippen LogP contribution in [-0.4, -0.2) is 24.2 Å². The lowest BCUT2D eigenvalue weighted by atomic mass is 10.0. The van der Waals surface area contributed by atoms with Crippen molar-refractivity contribution in [2.24, 2.45) is 5.92 Å². The van der Waals surface area contributed by atoms with E-state index in [1.807, 2.05) is 6.92 Å². The van der Waals surface area contributed by atoms with E-state index < -0.39 is 0 Å². The highest BCUT2D eigenvalue weighted by Crippen LogP contribution is 2.23. The lowest BCUT2D eigenvalue weighted by molar-refractivity contribution is 0.0922. The summed E-state index contributed by atoms with van der Waals surface area (Å²) < 4.78 is 4.98. The predicted octanol–water partition coefficient (Wildman–Crippen LogP) is 2.57. The number of nitrogens with one attached hydrogen (secondary N) is 1. The number of carbonyl (C=O) groups is 1. The van der Waals surface area contributed by atoms with Crippen LogP contribution in [0.1, 0.15) is 37.6 Å². The number of rotatable bonds is 5. The number of amides is 1. The topological polar surface area (TPSA) is 58.6 Å². The average molecular weight is 251 g/mol. The summed E-state index contributed by atoms with van der Waals surface area (Å²) in [4.78, 5) is 12.0. The van der Waals surface area contributed by atoms with Gasteiger partial charge in [0.05, 0.1) is 12.7 Å². The molecular weight excluding hydrogens is 230 g/mol. The predicted molar refractivity (Wildman–Crippen MR) is 71.0 cm³/mol. The molecule has 4 nitrogen and oxygen atoms in total. The molecule has 0 spiro atoms. The van der Waals surface area contributed by atoms with E-state index in [1.54, 1.807) is 12.1 Å². The third-order valence-electron chi connectivity index (χ3n) is 3.01. The summed E-state index contributed by atoms with van der Waals surface area (Å²) in [5, 5.41) is 12.7. The first-order chi connectivity index (χ1) is 8.49. The summed E-state index contributed by atoms with van der Waals surface area (Å²) in [6.45, 7) is 6.14. The summed E-state index contributed by atoms with van der Waals surface area (Å²) in [5.41, 5.74) is 0.273. The van der Waals surface area contributed by atoms with Crippen LogP contribution in [0.3, 0.4) is 0 Å². The zero-order chi connectivity index (χ0) is 13.7. The van der Waals surface area contributed by atoms with E-state index in [-0.39, 0.29) is 23.3 Å². The Morgan fingerprint density at radius 2 is 2.11 bits per heavy atom. The van der Waals surface area contributed by atoms with Crippen molar-refractivity contribution in [3.63, 3.8) is 0 Å². The first kappa shape index (κ1) is 14.4. The van der Waals surface area contributed by atoms with Gasteiger partial charge in [-0.1, -0.05) is 20.8 Å². The van der Waals surface area contributed by atoms with E-state index in [2.05, 4.69) is 19.2 Å². The fraction of sp³-hybridized carbons (Fsp3) is 0.500. The maximum Gasteiger partial charge on any atom is 0.255 e. The molecule has 0 bridgehead atoms. The second-order valence-electron chi connectivity index (χ2n) is 4.62. The summed E-state index contributed by atoms with van der Waals surface area (Å²) in [7, 11) is 1.51. The Bertz CT molecular complexity index is 416. The van der Waals surface area contributed by atoms with Gasteiger partial charge >= 0.3 is 0 Å². The molecule has 0 aliphatic carbocycles. The molecule has 2 N–H and O–H groups in total. The fourth-order valence-electron chi connectivity index (χ4n) is 1.82. The van der Waals surface area contributed by atoms with Crippen molar-refractivity contribution < 1.29 is 14.6 Å². The van der Waals surface area contributed by atoms with Gasteiger partial charge in [0, 0.05) is 12.1 Å². The molecule has 0 aromatic heterocycles. The van der Waals surface area contributed by atoms with Crippen LogP contribution in [0, 0.1) is 5.92 Å². The number of benzene rings is 1. The van der Waals surface area contributed by atoms with Crippen molar-refractivity contribution in [2.75, 3.05) is 7.11 Å². The molecule has 0 saturated heterocycles. The number of carbonyl (C=O) groups excluding carboxylic acids is 1. The zero-order valence-electron chi connectivity index (χ0n) is 11.4. The SMILES string of the molecule is CCC(NC(=O)c1ccc(OC)cc1O)C(C)C. The van der Waals surface area contributed by atoms with Gasteiger partial charge in [-0.25, -0.2) is 0 Å². The monoisotopic (exact) mass is 251 g/mol. The second kappa shape index (κ2) is 6.28. The summed E-state index contributed by atoms with van der Waals surface area (Å²) >= 11 is 0. The van der Waals surface area contributed by atoms with E-state index >= 15 is 0 Å². The number of phenols is 1. The van der Waals surface area contributed by atoms with Crippen LogP contribution in [-0.2, 0) is 0 Å². The number of ether oxygens (including phenoxy) is 1. The molecule has 18 heavy (non-hydrogen) atoms. The Balaban J connectivity index is 2.84. The quantitative estimate of drug-likeness (QED) is 0.845. The Kier molecular flexibility index (Phi) is 5.01. The minimum atomic E-state index is -0.254. The first-order valence-electron chi connectivity index (χ1n) is 6.17. The highest BCUT2D eigenvalue weighted by molar-refractivity contribution is 5.97. The van der Waals surface area contributed by atoms with E-state index in [1.165, 1.54) is 13.2 Å². The fourth-order valence-corrected chi connectivity index (χ4v) is 1.82. The molecule has 1 rings (SSSR count). The van der Waals surface area contributed by atoms with E-state index in [4.69, 9.17) is 4.74 Å². The number of phenolic OH excluding ortho intramolecular Hbond substituents is 1. The van der Waals surface area contributed by atoms with Crippen LogP contribution in [0.5, 0.6) is 11.5 Å². The van der Waals surface area contributed by atoms with Crippen LogP contribution < -0.4 is 10.1 Å². The molecule has 1 atom stereocenters. The summed E-state index contributed by atoms with van der Waals surface area (Å²) in [6.07, 6.45) is 0.861. The van der Waals surface area contributed by atoms with Gasteiger partial charge in [-0.05, 0) is 24.5 Å². The maximum atomic E-state index is 12.0. The Morgan fingerprint density at radius 3 is 2.56 bits per heavy atom. The van der Waals surface area contributed by atoms with Gasteiger partial charge < -0.3 is 15.2 Å². The van der Waals surface area contributed by atoms with Crippen LogP contribution in [0.15, 0.2) is 18.2 Å². The average Bonchev–Trinajstić information content (AvgIpc) is 2.34. The molecule has 1 aromatic rings. The molecule has 0 fully saturated rings. The normalized spacial score (nSPS) is 12.3. The number of aromatic hydroxyl groups is 1. The molecule has 0 saturated carbocycles. The van der Waals surface area contributed by atoms with Gasteiger partial charge in [-0.3, -0.25) is 4.79 Å². The van der Waals surface area contributed by atoms with Crippen molar-refractivity contribution >= 4 is 5.91 Å². The van der Waals surface area contributed by atoms with Gasteiger partial charge in [0.15, 0.2) is 0 Å². The van der Waals surface area contributed by atoms with Gasteiger partial charge in [-0.2, -0.15) is 0 Å². The maximum absolute atomic E-state index is 12.0. The minimum absolute atomic E-state index is 0.0644. The van der Waals surface area contributed by atoms with Gasteiger partial charge in [0.2, 0.25) is 0 Å². The highest BCUT2D eigenvalue weighted by atomic mass is 16.5. The van der Waals surface area contributed by atoms with Gasteiger partial charge in [0.25, 0.3) is 5.91 Å². The van der Waals surface area contributed by atoms with Crippen molar-refractivity contribution in [3.8, 4) is 11.5 Å². The lowest BCUT2D eigenvalue weighted by Gasteiger charge is -2.21. The molecule has 0 heterocycles. The Hall–Kier alpha value is -1.71. The number of hydrogen-bond acceptors (Lipinski definition) is 3. The van der Waals surface area contributed by atoms with Crippen molar-refractivity contribution in [3.05, 3.63) is 23.8 Å². The lowest BCUT2D eigenvalue weighted by Crippen LogP contribution is -2.38. The van der Waals surface area contributed by atoms with E-state index in [0.29, 0.717) is 11.7 Å². The van der Waals surface area contributed by atoms with Crippen molar-refractivity contribution in [1.82, 2.24) is 5.32 Å². The molecule has 1 aromatic carbocycles. The molecular formula is C14H21NO3. The largest absolute Gasteiger partial charge is 0.507 e. The molecule has 1 amide bonds. The van der Waals surface area contributed by atoms with Gasteiger partial charge in [0.1, 0.15) is 11.5 Å². The number of hydrogen-bond donors (Lipinski definition) is 2. The third-order valence-corrected chi connectivity index (χ3v) is 3.01. The third kappa shape index (κ3) is 3.39. The van der Waals surface area contributed by atoms with Crippen molar-refractivity contribution in [2.45, 2.75) is 33.2 Å². The zero-order valence-corrected chi connectivity index (χ0v) is 11.4. The molecule has 4 heteroatoms. The van der Waals surface area contributed by atoms with E-state index in [0.717, 1.165) is 6.42 Å². The van der Waals surface area contributed by atoms with Gasteiger partial charge in [-0.15, -0.1) is 0 Å². The molecule has 0 aliphatic rings. The highest BCUT2D eigenvalue weighted by Gasteiger charge is 2.17.